The second-order valence-corrected chi connectivity index (χ2v) is 8.20. The highest BCUT2D eigenvalue weighted by Gasteiger charge is 2.57. The van der Waals surface area contributed by atoms with E-state index in [1.54, 1.807) is 0 Å². The summed E-state index contributed by atoms with van der Waals surface area (Å²) in [6.07, 6.45) is 1.33. The van der Waals surface area contributed by atoms with Crippen LogP contribution in [0.25, 0.3) is 0 Å². The summed E-state index contributed by atoms with van der Waals surface area (Å²) in [5.74, 6) is -1.63. The molecule has 0 radical (unpaired) electrons. The van der Waals surface area contributed by atoms with E-state index >= 15 is 0 Å². The molecule has 5 rings (SSSR count). The lowest BCUT2D eigenvalue weighted by atomic mass is 10.1. The van der Waals surface area contributed by atoms with E-state index in [-0.39, 0.29) is 30.5 Å². The van der Waals surface area contributed by atoms with Gasteiger partial charge in [0.15, 0.2) is 0 Å². The summed E-state index contributed by atoms with van der Waals surface area (Å²) >= 11 is 0. The molecular weight excluding hydrogens is 342 g/mol. The monoisotopic (exact) mass is 364 g/mol. The highest BCUT2D eigenvalue weighted by atomic mass is 19.3. The zero-order valence-corrected chi connectivity index (χ0v) is 14.7. The summed E-state index contributed by atoms with van der Waals surface area (Å²) < 4.78 is 28.7. The minimum absolute atomic E-state index is 0.0979. The number of anilines is 2. The number of carbonyl (C=O) groups is 1. The van der Waals surface area contributed by atoms with Crippen molar-refractivity contribution in [2.24, 2.45) is 17.8 Å². The van der Waals surface area contributed by atoms with Gasteiger partial charge in [0.25, 0.3) is 5.92 Å². The van der Waals surface area contributed by atoms with Crippen LogP contribution in [0.1, 0.15) is 37.4 Å². The van der Waals surface area contributed by atoms with E-state index in [0.29, 0.717) is 48.7 Å². The lowest BCUT2D eigenvalue weighted by Gasteiger charge is -2.39. The van der Waals surface area contributed by atoms with Gasteiger partial charge in [0.05, 0.1) is 0 Å². The number of carboxylic acid groups (broad SMARTS) is 1. The van der Waals surface area contributed by atoms with E-state index in [2.05, 4.69) is 16.8 Å². The Morgan fingerprint density at radius 2 is 2.04 bits per heavy atom. The molecule has 0 amide bonds. The number of piperidine rings is 1. The van der Waals surface area contributed by atoms with Gasteiger partial charge in [-0.15, -0.1) is 0 Å². The first-order valence-electron chi connectivity index (χ1n) is 9.38. The lowest BCUT2D eigenvalue weighted by Crippen LogP contribution is -2.47. The molecule has 0 spiro atoms. The maximum atomic E-state index is 14.4. The van der Waals surface area contributed by atoms with E-state index in [1.165, 1.54) is 0 Å². The molecule has 1 N–H and O–H groups in total. The van der Waals surface area contributed by atoms with Crippen molar-refractivity contribution >= 4 is 17.7 Å². The molecule has 1 saturated carbocycles. The van der Waals surface area contributed by atoms with E-state index < -0.39 is 11.9 Å². The average Bonchev–Trinajstić information content (AvgIpc) is 2.93. The zero-order chi connectivity index (χ0) is 18.2. The summed E-state index contributed by atoms with van der Waals surface area (Å²) in [7, 11) is 0. The Morgan fingerprint density at radius 3 is 2.62 bits per heavy atom. The van der Waals surface area contributed by atoms with Gasteiger partial charge in [0.2, 0.25) is 5.95 Å². The molecule has 2 aliphatic carbocycles. The average molecular weight is 364 g/mol. The number of aliphatic carboxylic acids is 1. The third kappa shape index (κ3) is 2.30. The number of rotatable bonds is 4. The fourth-order valence-corrected chi connectivity index (χ4v) is 4.92. The predicted octanol–water partition coefficient (Wildman–Crippen LogP) is 2.27. The molecule has 3 heterocycles. The predicted molar refractivity (Wildman–Crippen MR) is 90.6 cm³/mol. The van der Waals surface area contributed by atoms with Crippen molar-refractivity contribution in [3.05, 3.63) is 11.3 Å². The maximum absolute atomic E-state index is 14.4. The van der Waals surface area contributed by atoms with Crippen molar-refractivity contribution in [3.63, 3.8) is 0 Å². The van der Waals surface area contributed by atoms with Gasteiger partial charge < -0.3 is 14.9 Å². The number of hydrogen-bond acceptors (Lipinski definition) is 5. The van der Waals surface area contributed by atoms with Crippen molar-refractivity contribution in [1.29, 1.82) is 0 Å². The number of hydrogen-bond donors (Lipinski definition) is 1. The fourth-order valence-electron chi connectivity index (χ4n) is 4.92. The van der Waals surface area contributed by atoms with Gasteiger partial charge in [0, 0.05) is 44.1 Å². The summed E-state index contributed by atoms with van der Waals surface area (Å²) in [4.78, 5) is 24.0. The molecule has 1 aromatic rings. The fraction of sp³-hybridized carbons (Fsp3) is 0.722. The number of halogens is 2. The number of fused-ring (bicyclic) bond motifs is 2. The lowest BCUT2D eigenvalue weighted by molar-refractivity contribution is -0.137. The summed E-state index contributed by atoms with van der Waals surface area (Å²) in [6, 6.07) is 0.280. The molecule has 1 unspecified atom stereocenters. The van der Waals surface area contributed by atoms with Gasteiger partial charge >= 0.3 is 5.97 Å². The van der Waals surface area contributed by atoms with Gasteiger partial charge in [-0.25, -0.2) is 4.98 Å². The highest BCUT2D eigenvalue weighted by molar-refractivity contribution is 5.68. The minimum atomic E-state index is -2.88. The Kier molecular flexibility index (Phi) is 3.28. The second kappa shape index (κ2) is 5.27. The number of carboxylic acids is 1. The number of alkyl halides is 2. The Balaban J connectivity index is 1.45. The summed E-state index contributed by atoms with van der Waals surface area (Å²) in [5.41, 5.74) is 0.488. The molecule has 4 atom stereocenters. The Labute approximate surface area is 150 Å². The molecule has 6 nitrogen and oxygen atoms in total. The second-order valence-electron chi connectivity index (χ2n) is 8.20. The van der Waals surface area contributed by atoms with Crippen LogP contribution in [0.4, 0.5) is 20.5 Å². The third-order valence-corrected chi connectivity index (χ3v) is 6.67. The smallest absolute Gasteiger partial charge is 0.303 e. The van der Waals surface area contributed by atoms with E-state index in [0.717, 1.165) is 13.0 Å². The van der Waals surface area contributed by atoms with Gasteiger partial charge in [-0.2, -0.15) is 13.8 Å². The minimum Gasteiger partial charge on any atom is -0.481 e. The summed E-state index contributed by atoms with van der Waals surface area (Å²) in [5, 5.41) is 8.98. The van der Waals surface area contributed by atoms with Crippen LogP contribution in [0.2, 0.25) is 0 Å². The first-order chi connectivity index (χ1) is 12.3. The van der Waals surface area contributed by atoms with Crippen LogP contribution < -0.4 is 9.80 Å². The number of nitrogens with zero attached hydrogens (tertiary/aromatic N) is 4. The van der Waals surface area contributed by atoms with Crippen molar-refractivity contribution < 1.29 is 18.7 Å². The zero-order valence-electron chi connectivity index (χ0n) is 14.7. The Hall–Kier alpha value is -1.99. The van der Waals surface area contributed by atoms with E-state index in [1.807, 2.05) is 4.90 Å². The molecule has 1 aromatic heterocycles. The third-order valence-electron chi connectivity index (χ3n) is 6.67. The van der Waals surface area contributed by atoms with Crippen molar-refractivity contribution in [1.82, 2.24) is 9.97 Å². The first-order valence-corrected chi connectivity index (χ1v) is 9.38. The molecule has 3 fully saturated rings. The molecule has 26 heavy (non-hydrogen) atoms. The van der Waals surface area contributed by atoms with E-state index in [9.17, 15) is 13.6 Å². The molecule has 8 heteroatoms. The van der Waals surface area contributed by atoms with Crippen molar-refractivity contribution in [2.75, 3.05) is 29.4 Å². The van der Waals surface area contributed by atoms with Crippen molar-refractivity contribution in [3.8, 4) is 0 Å². The SMILES string of the molecule is C[C@@H]1CCN1c1nc(N2C[C@@H]3C(CC(=O)O)[C@@H]3C2)c2c(n1)C(F)(F)CC2. The molecule has 0 aromatic carbocycles. The molecule has 0 bridgehead atoms. The molecule has 2 saturated heterocycles. The molecular formula is C18H22F2N4O2. The van der Waals surface area contributed by atoms with Gasteiger partial charge in [0.1, 0.15) is 11.5 Å². The topological polar surface area (TPSA) is 69.6 Å². The quantitative estimate of drug-likeness (QED) is 0.884. The maximum Gasteiger partial charge on any atom is 0.303 e. The largest absolute Gasteiger partial charge is 0.481 e. The normalized spacial score (nSPS) is 33.7. The van der Waals surface area contributed by atoms with Crippen LogP contribution in [0.3, 0.4) is 0 Å². The van der Waals surface area contributed by atoms with Gasteiger partial charge in [-0.3, -0.25) is 4.79 Å². The molecule has 2 aliphatic heterocycles. The Bertz CT molecular complexity index is 775. The standard InChI is InChI=1S/C18H22F2N4O2/c1-9-3-5-24(9)17-21-15-10(2-4-18(15,19)20)16(22-17)23-7-12-11(6-14(25)26)13(12)8-23/h9,11-13H,2-8H2,1H3,(H,25,26)/t9-,11?,12-,13+/m1/s1. The Morgan fingerprint density at radius 1 is 1.31 bits per heavy atom. The van der Waals surface area contributed by atoms with Gasteiger partial charge in [-0.05, 0) is 37.5 Å². The summed E-state index contributed by atoms with van der Waals surface area (Å²) in [6.45, 7) is 4.29. The van der Waals surface area contributed by atoms with Crippen molar-refractivity contribution in [2.45, 2.75) is 44.6 Å². The van der Waals surface area contributed by atoms with Crippen LogP contribution >= 0.6 is 0 Å². The number of aromatic nitrogens is 2. The van der Waals surface area contributed by atoms with Gasteiger partial charge in [-0.1, -0.05) is 0 Å². The highest BCUT2D eigenvalue weighted by Crippen LogP contribution is 2.55. The van der Waals surface area contributed by atoms with E-state index in [4.69, 9.17) is 10.1 Å². The first kappa shape index (κ1) is 16.2. The van der Waals surface area contributed by atoms with Crippen LogP contribution in [0.15, 0.2) is 0 Å². The van der Waals surface area contributed by atoms with Crippen LogP contribution in [-0.2, 0) is 17.1 Å². The molecule has 4 aliphatic rings. The molecule has 140 valence electrons. The van der Waals surface area contributed by atoms with Crippen LogP contribution in [-0.4, -0.2) is 46.7 Å². The van der Waals surface area contributed by atoms with Crippen LogP contribution in [0, 0.1) is 17.8 Å². The van der Waals surface area contributed by atoms with Crippen LogP contribution in [0.5, 0.6) is 0 Å².